The molecule has 0 atom stereocenters. The zero-order valence-corrected chi connectivity index (χ0v) is 33.5. The number of carbonyl (C=O) groups excluding carboxylic acids is 1. The monoisotopic (exact) mass is 835 g/mol. The fourth-order valence-electron chi connectivity index (χ4n) is 5.80. The van der Waals surface area contributed by atoms with Crippen molar-refractivity contribution in [2.75, 3.05) is 0 Å². The second-order valence-corrected chi connectivity index (χ2v) is 13.6. The van der Waals surface area contributed by atoms with Crippen molar-refractivity contribution in [3.63, 3.8) is 0 Å². The summed E-state index contributed by atoms with van der Waals surface area (Å²) in [5, 5.41) is 10.1. The number of carbonyl (C=O) groups is 1. The number of hydrogen-bond acceptors (Lipinski definition) is 4. The molecule has 3 aromatic carbocycles. The molecule has 0 aliphatic carbocycles. The number of aliphatic hydroxyl groups excluding tert-OH is 1. The first kappa shape index (κ1) is 41.3. The second-order valence-electron chi connectivity index (χ2n) is 13.6. The van der Waals surface area contributed by atoms with Crippen LogP contribution in [0.15, 0.2) is 66.6 Å². The molecule has 261 valence electrons. The van der Waals surface area contributed by atoms with Crippen LogP contribution < -0.4 is 0 Å². The molecular weight excluding hydrogens is 783 g/mol. The third kappa shape index (κ3) is 9.84. The molecule has 0 amide bonds. The number of nitrogens with zero attached hydrogens (tertiary/aromatic N) is 3. The van der Waals surface area contributed by atoms with Gasteiger partial charge in [-0.1, -0.05) is 108 Å². The summed E-state index contributed by atoms with van der Waals surface area (Å²) in [6, 6.07) is 19.8. The van der Waals surface area contributed by atoms with Gasteiger partial charge in [-0.25, -0.2) is 4.85 Å². The molecule has 0 saturated heterocycles. The Kier molecular flexibility index (Phi) is 14.9. The first-order valence-corrected chi connectivity index (χ1v) is 17.0. The fraction of sp³-hybridized carbons (Fsp3) is 0.395. The Hall–Kier alpha value is -3.91. The number of aliphatic hydroxyl groups is 1. The summed E-state index contributed by atoms with van der Waals surface area (Å²) < 4.78 is 0. The average molecular weight is 835 g/mol. The van der Waals surface area contributed by atoms with E-state index in [1.807, 2.05) is 73.6 Å². The van der Waals surface area contributed by atoms with Gasteiger partial charge in [0.15, 0.2) is 11.5 Å². The molecule has 6 heteroatoms. The van der Waals surface area contributed by atoms with Gasteiger partial charge in [0.05, 0.1) is 18.0 Å². The molecule has 49 heavy (non-hydrogen) atoms. The maximum absolute atomic E-state index is 12.2. The van der Waals surface area contributed by atoms with Crippen molar-refractivity contribution in [3.05, 3.63) is 112 Å². The quantitative estimate of drug-likeness (QED) is 0.0982. The Morgan fingerprint density at radius 3 is 1.96 bits per heavy atom. The minimum Gasteiger partial charge on any atom is -0.512 e. The van der Waals surface area contributed by atoms with Gasteiger partial charge in [0.25, 0.3) is 0 Å². The smallest absolute Gasteiger partial charge is 0.196 e. The molecule has 1 radical (unpaired) electrons. The first-order chi connectivity index (χ1) is 22.6. The Bertz CT molecular complexity index is 1800. The molecule has 1 N–H and O–H groups in total. The van der Waals surface area contributed by atoms with Gasteiger partial charge in [0, 0.05) is 54.5 Å². The molecule has 1 aromatic heterocycles. The van der Waals surface area contributed by atoms with E-state index in [0.717, 1.165) is 70.5 Å². The molecule has 4 aromatic rings. The van der Waals surface area contributed by atoms with Crippen molar-refractivity contribution in [2.45, 2.75) is 102 Å². The maximum Gasteiger partial charge on any atom is 0.196 e. The van der Waals surface area contributed by atoms with Gasteiger partial charge in [0.2, 0.25) is 0 Å². The number of aryl methyl sites for hydroxylation is 5. The van der Waals surface area contributed by atoms with Gasteiger partial charge in [-0.2, -0.15) is 0 Å². The van der Waals surface area contributed by atoms with E-state index in [4.69, 9.17) is 16.5 Å². The van der Waals surface area contributed by atoms with Crippen LogP contribution in [0.1, 0.15) is 95.0 Å². The van der Waals surface area contributed by atoms with E-state index >= 15 is 0 Å². The van der Waals surface area contributed by atoms with Gasteiger partial charge >= 0.3 is 0 Å². The molecule has 0 saturated carbocycles. The van der Waals surface area contributed by atoms with E-state index in [9.17, 15) is 9.90 Å². The summed E-state index contributed by atoms with van der Waals surface area (Å²) in [4.78, 5) is 25.8. The third-order valence-corrected chi connectivity index (χ3v) is 9.90. The Morgan fingerprint density at radius 1 is 0.857 bits per heavy atom. The van der Waals surface area contributed by atoms with Crippen LogP contribution in [0.4, 0.5) is 5.69 Å². The van der Waals surface area contributed by atoms with E-state index < -0.39 is 0 Å². The first-order valence-electron chi connectivity index (χ1n) is 17.0. The number of ketones is 1. The average Bonchev–Trinajstić information content (AvgIpc) is 3.06. The number of allylic oxidation sites excluding steroid dienone is 2. The van der Waals surface area contributed by atoms with Crippen LogP contribution in [0.2, 0.25) is 0 Å². The normalized spacial score (nSPS) is 11.6. The Morgan fingerprint density at radius 2 is 1.43 bits per heavy atom. The molecular formula is C43H52IrN3O2-. The molecule has 0 aliphatic rings. The molecule has 1 heterocycles. The van der Waals surface area contributed by atoms with Crippen LogP contribution in [0.3, 0.4) is 0 Å². The molecule has 5 nitrogen and oxygen atoms in total. The number of benzene rings is 3. The van der Waals surface area contributed by atoms with E-state index in [1.165, 1.54) is 17.2 Å². The van der Waals surface area contributed by atoms with Crippen LogP contribution in [0, 0.1) is 58.1 Å². The molecule has 0 bridgehead atoms. The van der Waals surface area contributed by atoms with Gasteiger partial charge in [-0.05, 0) is 52.0 Å². The van der Waals surface area contributed by atoms with Gasteiger partial charge in [0.1, 0.15) is 5.76 Å². The van der Waals surface area contributed by atoms with Crippen molar-refractivity contribution in [1.82, 2.24) is 9.97 Å². The summed E-state index contributed by atoms with van der Waals surface area (Å²) in [5.74, 6) is 0.286. The predicted octanol–water partition coefficient (Wildman–Crippen LogP) is 12.0. The standard InChI is InChI=1S/C28H24N3.C15H28O2.Ir/c1-17-10-18(2)13-22(12-17)27-28(23-14-19(3)11-20(4)15-23)31-25(16-30-27)26-21(5)8-7-9-24(26)29-6;1-7-14(5,8-2)12(16)11-13(17)15(6,9-3)10-4;/h7-12,14-16H,1-5H3;11,16H,7-10H2,1-6H3;/q-1;;/b;12-11-;. The van der Waals surface area contributed by atoms with Crippen LogP contribution in [-0.4, -0.2) is 20.9 Å². The number of hydrogen-bond donors (Lipinski definition) is 1. The zero-order valence-electron chi connectivity index (χ0n) is 31.1. The van der Waals surface area contributed by atoms with Crippen molar-refractivity contribution in [3.8, 4) is 33.8 Å². The minimum atomic E-state index is -0.337. The largest absolute Gasteiger partial charge is 0.512 e. The van der Waals surface area contributed by atoms with Crippen molar-refractivity contribution < 1.29 is 30.0 Å². The molecule has 0 spiro atoms. The fourth-order valence-corrected chi connectivity index (χ4v) is 5.80. The molecule has 0 aliphatic heterocycles. The third-order valence-electron chi connectivity index (χ3n) is 9.90. The minimum absolute atomic E-state index is 0. The van der Waals surface area contributed by atoms with Crippen LogP contribution in [0.5, 0.6) is 0 Å². The SMILES string of the molecule is CCC(C)(CC)C(=O)/C=C(\O)C(C)(CC)CC.[C-]#[N+]c1cccc(C)c1-c1cnc(-c2[c-]c(C)cc(C)c2)c(-c2cc(C)cc(C)c2)n1.[Ir]. The van der Waals surface area contributed by atoms with Crippen LogP contribution in [0.25, 0.3) is 38.6 Å². The summed E-state index contributed by atoms with van der Waals surface area (Å²) in [6.45, 7) is 30.0. The van der Waals surface area contributed by atoms with Crippen molar-refractivity contribution in [1.29, 1.82) is 0 Å². The topological polar surface area (TPSA) is 67.4 Å². The Balaban J connectivity index is 0.000000398. The number of rotatable bonds is 10. The van der Waals surface area contributed by atoms with E-state index in [2.05, 4.69) is 62.0 Å². The van der Waals surface area contributed by atoms with Crippen molar-refractivity contribution >= 4 is 11.5 Å². The number of aromatic nitrogens is 2. The van der Waals surface area contributed by atoms with Gasteiger partial charge in [-0.15, -0.1) is 34.9 Å². The van der Waals surface area contributed by atoms with Crippen LogP contribution >= 0.6 is 0 Å². The van der Waals surface area contributed by atoms with E-state index in [-0.39, 0.29) is 42.5 Å². The zero-order chi connectivity index (χ0) is 35.8. The molecule has 0 unspecified atom stereocenters. The molecule has 4 rings (SSSR count). The molecule has 0 fully saturated rings. The Labute approximate surface area is 308 Å². The van der Waals surface area contributed by atoms with E-state index in [0.29, 0.717) is 11.4 Å². The summed E-state index contributed by atoms with van der Waals surface area (Å²) >= 11 is 0. The van der Waals surface area contributed by atoms with E-state index in [1.54, 1.807) is 6.20 Å². The van der Waals surface area contributed by atoms with Gasteiger partial charge < -0.3 is 10.1 Å². The summed E-state index contributed by atoms with van der Waals surface area (Å²) in [5.41, 5.74) is 10.7. The van der Waals surface area contributed by atoms with Crippen LogP contribution in [-0.2, 0) is 24.9 Å². The van der Waals surface area contributed by atoms with Crippen molar-refractivity contribution in [2.24, 2.45) is 10.8 Å². The summed E-state index contributed by atoms with van der Waals surface area (Å²) in [7, 11) is 0. The maximum atomic E-state index is 12.2. The second kappa shape index (κ2) is 17.7. The van der Waals surface area contributed by atoms with Gasteiger partial charge in [-0.3, -0.25) is 9.78 Å². The predicted molar refractivity (Wildman–Crippen MR) is 200 cm³/mol. The summed E-state index contributed by atoms with van der Waals surface area (Å²) in [6.07, 6.45) is 6.54.